The van der Waals surface area contributed by atoms with Gasteiger partial charge in [0.15, 0.2) is 5.15 Å². The molecule has 1 aromatic heterocycles. The van der Waals surface area contributed by atoms with Crippen LogP contribution < -0.4 is 10.6 Å². The molecule has 0 aliphatic heterocycles. The Hall–Kier alpha value is -1.59. The number of pyridine rings is 1. The molecule has 0 saturated heterocycles. The van der Waals surface area contributed by atoms with Crippen molar-refractivity contribution in [3.05, 3.63) is 57.8 Å². The zero-order chi connectivity index (χ0) is 13.7. The highest BCUT2D eigenvalue weighted by Crippen LogP contribution is 2.17. The topological polar surface area (TPSA) is 54.0 Å². The maximum Gasteiger partial charge on any atom is 0.319 e. The molecule has 2 amide bonds. The molecule has 0 bridgehead atoms. The first kappa shape index (κ1) is 13.8. The van der Waals surface area contributed by atoms with E-state index in [4.69, 9.17) is 11.6 Å². The van der Waals surface area contributed by atoms with Crippen LogP contribution in [0.3, 0.4) is 0 Å². The zero-order valence-electron chi connectivity index (χ0n) is 9.86. The van der Waals surface area contributed by atoms with Gasteiger partial charge in [0, 0.05) is 17.2 Å². The number of hydrogen-bond acceptors (Lipinski definition) is 2. The summed E-state index contributed by atoms with van der Waals surface area (Å²) in [6, 6.07) is 10.8. The Morgan fingerprint density at radius 1 is 1.32 bits per heavy atom. The van der Waals surface area contributed by atoms with Gasteiger partial charge in [-0.05, 0) is 29.8 Å². The van der Waals surface area contributed by atoms with Crippen LogP contribution in [-0.4, -0.2) is 11.0 Å². The number of hydrogen-bond donors (Lipinski definition) is 2. The zero-order valence-corrected chi connectivity index (χ0v) is 12.2. The predicted octanol–water partition coefficient (Wildman–Crippen LogP) is 3.82. The van der Waals surface area contributed by atoms with E-state index in [9.17, 15) is 4.79 Å². The first-order chi connectivity index (χ1) is 9.15. The monoisotopic (exact) mass is 339 g/mol. The first-order valence-corrected chi connectivity index (χ1v) is 6.72. The van der Waals surface area contributed by atoms with Crippen molar-refractivity contribution in [2.24, 2.45) is 0 Å². The van der Waals surface area contributed by atoms with Crippen LogP contribution in [0.2, 0.25) is 5.15 Å². The van der Waals surface area contributed by atoms with E-state index >= 15 is 0 Å². The van der Waals surface area contributed by atoms with E-state index in [1.165, 1.54) is 0 Å². The Kier molecular flexibility index (Phi) is 4.76. The maximum atomic E-state index is 11.7. The van der Waals surface area contributed by atoms with E-state index in [2.05, 4.69) is 31.5 Å². The number of halogens is 2. The van der Waals surface area contributed by atoms with Crippen molar-refractivity contribution >= 4 is 39.2 Å². The van der Waals surface area contributed by atoms with Gasteiger partial charge in [0.25, 0.3) is 0 Å². The van der Waals surface area contributed by atoms with Crippen LogP contribution in [0.5, 0.6) is 0 Å². The van der Waals surface area contributed by atoms with Gasteiger partial charge in [-0.1, -0.05) is 39.7 Å². The minimum atomic E-state index is -0.324. The second-order valence-corrected chi connectivity index (χ2v) is 5.05. The minimum Gasteiger partial charge on any atom is -0.334 e. The highest BCUT2D eigenvalue weighted by molar-refractivity contribution is 9.10. The summed E-state index contributed by atoms with van der Waals surface area (Å²) < 4.78 is 0.975. The third-order valence-corrected chi connectivity index (χ3v) is 3.14. The summed E-state index contributed by atoms with van der Waals surface area (Å²) in [5.41, 5.74) is 1.48. The van der Waals surface area contributed by atoms with Crippen LogP contribution in [0.15, 0.2) is 47.1 Å². The lowest BCUT2D eigenvalue weighted by Crippen LogP contribution is -2.28. The Labute approximate surface area is 124 Å². The Bertz CT molecular complexity index is 592. The molecule has 0 aliphatic rings. The SMILES string of the molecule is O=C(NCc1cccc(Br)c1)Nc1cccnc1Cl. The van der Waals surface area contributed by atoms with Crippen LogP contribution in [0.4, 0.5) is 10.5 Å². The molecule has 6 heteroatoms. The van der Waals surface area contributed by atoms with Gasteiger partial charge in [-0.2, -0.15) is 0 Å². The molecule has 0 atom stereocenters. The van der Waals surface area contributed by atoms with Crippen LogP contribution >= 0.6 is 27.5 Å². The van der Waals surface area contributed by atoms with Crippen molar-refractivity contribution < 1.29 is 4.79 Å². The summed E-state index contributed by atoms with van der Waals surface area (Å²) in [4.78, 5) is 15.6. The van der Waals surface area contributed by atoms with Gasteiger partial charge >= 0.3 is 6.03 Å². The van der Waals surface area contributed by atoms with E-state index in [1.54, 1.807) is 18.3 Å². The minimum absolute atomic E-state index is 0.264. The molecule has 98 valence electrons. The molecule has 1 aromatic carbocycles. The van der Waals surface area contributed by atoms with E-state index in [0.29, 0.717) is 12.2 Å². The summed E-state index contributed by atoms with van der Waals surface area (Å²) in [5, 5.41) is 5.65. The smallest absolute Gasteiger partial charge is 0.319 e. The molecule has 0 saturated carbocycles. The summed E-state index contributed by atoms with van der Waals surface area (Å²) in [6.45, 7) is 0.434. The number of aromatic nitrogens is 1. The molecule has 0 spiro atoms. The average molecular weight is 341 g/mol. The number of urea groups is 1. The molecular weight excluding hydrogens is 330 g/mol. The van der Waals surface area contributed by atoms with Crippen molar-refractivity contribution in [2.45, 2.75) is 6.54 Å². The Balaban J connectivity index is 1.90. The largest absolute Gasteiger partial charge is 0.334 e. The van der Waals surface area contributed by atoms with Gasteiger partial charge in [-0.15, -0.1) is 0 Å². The van der Waals surface area contributed by atoms with Crippen molar-refractivity contribution in [2.75, 3.05) is 5.32 Å². The molecule has 2 N–H and O–H groups in total. The molecule has 4 nitrogen and oxygen atoms in total. The van der Waals surface area contributed by atoms with Gasteiger partial charge < -0.3 is 10.6 Å². The fourth-order valence-electron chi connectivity index (χ4n) is 1.48. The lowest BCUT2D eigenvalue weighted by molar-refractivity contribution is 0.251. The third-order valence-electron chi connectivity index (χ3n) is 2.35. The van der Waals surface area contributed by atoms with Gasteiger partial charge in [-0.3, -0.25) is 0 Å². The van der Waals surface area contributed by atoms with Crippen molar-refractivity contribution in [3.63, 3.8) is 0 Å². The molecule has 0 aliphatic carbocycles. The maximum absolute atomic E-state index is 11.7. The molecule has 0 unspecified atom stereocenters. The number of anilines is 1. The fraction of sp³-hybridized carbons (Fsp3) is 0.0769. The second-order valence-electron chi connectivity index (χ2n) is 3.78. The van der Waals surface area contributed by atoms with E-state index < -0.39 is 0 Å². The van der Waals surface area contributed by atoms with Crippen molar-refractivity contribution in [3.8, 4) is 0 Å². The fourth-order valence-corrected chi connectivity index (χ4v) is 2.09. The molecule has 19 heavy (non-hydrogen) atoms. The number of rotatable bonds is 3. The number of carbonyl (C=O) groups excluding carboxylic acids is 1. The number of amides is 2. The molecule has 2 aromatic rings. The molecule has 1 heterocycles. The Morgan fingerprint density at radius 3 is 2.89 bits per heavy atom. The lowest BCUT2D eigenvalue weighted by Gasteiger charge is -2.08. The number of nitrogens with zero attached hydrogens (tertiary/aromatic N) is 1. The van der Waals surface area contributed by atoms with Crippen LogP contribution in [-0.2, 0) is 6.54 Å². The number of carbonyl (C=O) groups is 1. The summed E-state index contributed by atoms with van der Waals surface area (Å²) >= 11 is 9.22. The highest BCUT2D eigenvalue weighted by Gasteiger charge is 2.05. The summed E-state index contributed by atoms with van der Waals surface area (Å²) in [5.74, 6) is 0. The number of benzene rings is 1. The third kappa shape index (κ3) is 4.22. The summed E-state index contributed by atoms with van der Waals surface area (Å²) in [6.07, 6.45) is 1.56. The molecule has 0 radical (unpaired) electrons. The number of nitrogens with one attached hydrogen (secondary N) is 2. The van der Waals surface area contributed by atoms with E-state index in [1.807, 2.05) is 24.3 Å². The van der Waals surface area contributed by atoms with Crippen molar-refractivity contribution in [1.82, 2.24) is 10.3 Å². The predicted molar refractivity (Wildman–Crippen MR) is 79.2 cm³/mol. The van der Waals surface area contributed by atoms with Crippen molar-refractivity contribution in [1.29, 1.82) is 0 Å². The van der Waals surface area contributed by atoms with Crippen LogP contribution in [0.1, 0.15) is 5.56 Å². The highest BCUT2D eigenvalue weighted by atomic mass is 79.9. The molecule has 0 fully saturated rings. The van der Waals surface area contributed by atoms with Gasteiger partial charge in [0.05, 0.1) is 5.69 Å². The summed E-state index contributed by atoms with van der Waals surface area (Å²) in [7, 11) is 0. The van der Waals surface area contributed by atoms with Gasteiger partial charge in [0.2, 0.25) is 0 Å². The molecular formula is C13H11BrClN3O. The van der Waals surface area contributed by atoms with Crippen LogP contribution in [0, 0.1) is 0 Å². The Morgan fingerprint density at radius 2 is 2.16 bits per heavy atom. The van der Waals surface area contributed by atoms with E-state index in [-0.39, 0.29) is 11.2 Å². The van der Waals surface area contributed by atoms with E-state index in [0.717, 1.165) is 10.0 Å². The normalized spacial score (nSPS) is 10.0. The second kappa shape index (κ2) is 6.54. The van der Waals surface area contributed by atoms with Gasteiger partial charge in [-0.25, -0.2) is 9.78 Å². The lowest BCUT2D eigenvalue weighted by atomic mass is 10.2. The first-order valence-electron chi connectivity index (χ1n) is 5.55. The standard InChI is InChI=1S/C13H11BrClN3O/c14-10-4-1-3-9(7-10)8-17-13(19)18-11-5-2-6-16-12(11)15/h1-7H,8H2,(H2,17,18,19). The van der Waals surface area contributed by atoms with Crippen LogP contribution in [0.25, 0.3) is 0 Å². The molecule has 2 rings (SSSR count). The average Bonchev–Trinajstić information content (AvgIpc) is 2.39. The van der Waals surface area contributed by atoms with Gasteiger partial charge in [0.1, 0.15) is 0 Å². The quantitative estimate of drug-likeness (QED) is 0.835.